The Bertz CT molecular complexity index is 552. The van der Waals surface area contributed by atoms with Crippen molar-refractivity contribution < 1.29 is 4.74 Å². The molecule has 0 aromatic heterocycles. The molecular weight excluding hydrogens is 246 g/mol. The zero-order valence-corrected chi connectivity index (χ0v) is 11.2. The lowest BCUT2D eigenvalue weighted by molar-refractivity contribution is 0.475. The fourth-order valence-corrected chi connectivity index (χ4v) is 1.96. The van der Waals surface area contributed by atoms with Gasteiger partial charge >= 0.3 is 0 Å². The van der Waals surface area contributed by atoms with Crippen LogP contribution < -0.4 is 10.5 Å². The largest absolute Gasteiger partial charge is 0.455 e. The van der Waals surface area contributed by atoms with E-state index >= 15 is 0 Å². The predicted octanol–water partition coefficient (Wildman–Crippen LogP) is 4.84. The molecule has 0 saturated carbocycles. The van der Waals surface area contributed by atoms with Gasteiger partial charge in [0, 0.05) is 5.02 Å². The molecule has 0 spiro atoms. The average molecular weight is 262 g/mol. The fraction of sp³-hybridized carbons (Fsp3) is 0.200. The maximum atomic E-state index is 5.89. The summed E-state index contributed by atoms with van der Waals surface area (Å²) in [5.74, 6) is 1.86. The van der Waals surface area contributed by atoms with E-state index in [0.717, 1.165) is 11.3 Å². The van der Waals surface area contributed by atoms with Crippen LogP contribution in [0.3, 0.4) is 0 Å². The second-order valence-corrected chi connectivity index (χ2v) is 4.91. The summed E-state index contributed by atoms with van der Waals surface area (Å²) in [4.78, 5) is 0. The highest BCUT2D eigenvalue weighted by molar-refractivity contribution is 6.30. The molecular formula is C15H16ClNO. The monoisotopic (exact) mass is 261 g/mol. The summed E-state index contributed by atoms with van der Waals surface area (Å²) >= 11 is 5.87. The van der Waals surface area contributed by atoms with Gasteiger partial charge in [0.1, 0.15) is 11.5 Å². The lowest BCUT2D eigenvalue weighted by Gasteiger charge is -2.14. The van der Waals surface area contributed by atoms with Gasteiger partial charge in [-0.3, -0.25) is 0 Å². The number of anilines is 1. The van der Waals surface area contributed by atoms with E-state index in [9.17, 15) is 0 Å². The summed E-state index contributed by atoms with van der Waals surface area (Å²) in [6, 6.07) is 13.2. The van der Waals surface area contributed by atoms with E-state index in [-0.39, 0.29) is 0 Å². The standard InChI is InChI=1S/C15H16ClNO/c1-10(2)12-5-3-4-6-14(12)18-15-8-7-11(16)9-13(15)17/h3-10H,17H2,1-2H3. The molecule has 0 aliphatic carbocycles. The summed E-state index contributed by atoms with van der Waals surface area (Å²) in [5.41, 5.74) is 7.59. The molecule has 2 aromatic carbocycles. The van der Waals surface area contributed by atoms with Crippen molar-refractivity contribution in [1.82, 2.24) is 0 Å². The van der Waals surface area contributed by atoms with E-state index in [4.69, 9.17) is 22.1 Å². The Hall–Kier alpha value is -1.67. The smallest absolute Gasteiger partial charge is 0.150 e. The number of para-hydroxylation sites is 1. The van der Waals surface area contributed by atoms with Crippen LogP contribution in [0.15, 0.2) is 42.5 Å². The molecule has 0 aliphatic rings. The van der Waals surface area contributed by atoms with Gasteiger partial charge in [-0.25, -0.2) is 0 Å². The van der Waals surface area contributed by atoms with Gasteiger partial charge in [0.15, 0.2) is 0 Å². The number of hydrogen-bond acceptors (Lipinski definition) is 2. The van der Waals surface area contributed by atoms with Crippen molar-refractivity contribution in [3.8, 4) is 11.5 Å². The van der Waals surface area contributed by atoms with Crippen LogP contribution in [0.5, 0.6) is 11.5 Å². The van der Waals surface area contributed by atoms with Crippen LogP contribution in [0.2, 0.25) is 5.02 Å². The number of rotatable bonds is 3. The van der Waals surface area contributed by atoms with E-state index in [1.165, 1.54) is 0 Å². The normalized spacial score (nSPS) is 10.7. The lowest BCUT2D eigenvalue weighted by Crippen LogP contribution is -1.96. The minimum absolute atomic E-state index is 0.398. The molecule has 2 N–H and O–H groups in total. The van der Waals surface area contributed by atoms with Crippen LogP contribution in [-0.2, 0) is 0 Å². The molecule has 0 aliphatic heterocycles. The van der Waals surface area contributed by atoms with Crippen molar-refractivity contribution in [1.29, 1.82) is 0 Å². The van der Waals surface area contributed by atoms with Crippen LogP contribution in [0.25, 0.3) is 0 Å². The van der Waals surface area contributed by atoms with Gasteiger partial charge in [-0.1, -0.05) is 43.6 Å². The third-order valence-corrected chi connectivity index (χ3v) is 2.97. The minimum atomic E-state index is 0.398. The average Bonchev–Trinajstić information content (AvgIpc) is 2.33. The van der Waals surface area contributed by atoms with Crippen LogP contribution >= 0.6 is 11.6 Å². The van der Waals surface area contributed by atoms with Crippen LogP contribution in [0.1, 0.15) is 25.3 Å². The fourth-order valence-electron chi connectivity index (χ4n) is 1.78. The van der Waals surface area contributed by atoms with Gasteiger partial charge in [-0.05, 0) is 35.7 Å². The first-order valence-corrected chi connectivity index (χ1v) is 6.27. The van der Waals surface area contributed by atoms with E-state index in [2.05, 4.69) is 19.9 Å². The first kappa shape index (κ1) is 12.8. The second kappa shape index (κ2) is 5.32. The maximum Gasteiger partial charge on any atom is 0.150 e. The SMILES string of the molecule is CC(C)c1ccccc1Oc1ccc(Cl)cc1N. The van der Waals surface area contributed by atoms with Crippen molar-refractivity contribution in [3.05, 3.63) is 53.1 Å². The molecule has 0 amide bonds. The van der Waals surface area contributed by atoms with Crippen LogP contribution in [-0.4, -0.2) is 0 Å². The van der Waals surface area contributed by atoms with Crippen molar-refractivity contribution in [2.24, 2.45) is 0 Å². The van der Waals surface area contributed by atoms with Gasteiger partial charge in [-0.2, -0.15) is 0 Å². The number of benzene rings is 2. The summed E-state index contributed by atoms with van der Waals surface area (Å²) in [5, 5.41) is 0.608. The first-order valence-electron chi connectivity index (χ1n) is 5.89. The van der Waals surface area contributed by atoms with Gasteiger partial charge in [0.2, 0.25) is 0 Å². The Balaban J connectivity index is 2.34. The van der Waals surface area contributed by atoms with Crippen LogP contribution in [0.4, 0.5) is 5.69 Å². The zero-order chi connectivity index (χ0) is 13.1. The van der Waals surface area contributed by atoms with Gasteiger partial charge in [-0.15, -0.1) is 0 Å². The molecule has 0 atom stereocenters. The zero-order valence-electron chi connectivity index (χ0n) is 10.5. The second-order valence-electron chi connectivity index (χ2n) is 4.48. The number of nitrogens with two attached hydrogens (primary N) is 1. The summed E-state index contributed by atoms with van der Waals surface area (Å²) in [6.07, 6.45) is 0. The highest BCUT2D eigenvalue weighted by Crippen LogP contribution is 2.34. The lowest BCUT2D eigenvalue weighted by atomic mass is 10.0. The molecule has 94 valence electrons. The van der Waals surface area contributed by atoms with Gasteiger partial charge in [0.25, 0.3) is 0 Å². The molecule has 2 nitrogen and oxygen atoms in total. The number of nitrogen functional groups attached to an aromatic ring is 1. The minimum Gasteiger partial charge on any atom is -0.455 e. The topological polar surface area (TPSA) is 35.2 Å². The van der Waals surface area contributed by atoms with Crippen molar-refractivity contribution in [2.45, 2.75) is 19.8 Å². The van der Waals surface area contributed by atoms with Gasteiger partial charge < -0.3 is 10.5 Å². The number of halogens is 1. The molecule has 2 aromatic rings. The molecule has 0 saturated heterocycles. The Morgan fingerprint density at radius 1 is 1.06 bits per heavy atom. The Morgan fingerprint density at radius 3 is 2.44 bits per heavy atom. The highest BCUT2D eigenvalue weighted by Gasteiger charge is 2.09. The highest BCUT2D eigenvalue weighted by atomic mass is 35.5. The molecule has 0 fully saturated rings. The molecule has 0 unspecified atom stereocenters. The molecule has 0 bridgehead atoms. The van der Waals surface area contributed by atoms with Crippen molar-refractivity contribution in [3.63, 3.8) is 0 Å². The van der Waals surface area contributed by atoms with E-state index in [1.807, 2.05) is 18.2 Å². The van der Waals surface area contributed by atoms with Gasteiger partial charge in [0.05, 0.1) is 5.69 Å². The summed E-state index contributed by atoms with van der Waals surface area (Å²) in [6.45, 7) is 4.26. The quantitative estimate of drug-likeness (QED) is 0.803. The van der Waals surface area contributed by atoms with Crippen molar-refractivity contribution in [2.75, 3.05) is 5.73 Å². The third kappa shape index (κ3) is 2.77. The van der Waals surface area contributed by atoms with Crippen LogP contribution in [0, 0.1) is 0 Å². The third-order valence-electron chi connectivity index (χ3n) is 2.73. The Labute approximate surface area is 112 Å². The molecule has 3 heteroatoms. The molecule has 0 heterocycles. The van der Waals surface area contributed by atoms with E-state index in [1.54, 1.807) is 18.2 Å². The number of ether oxygens (including phenoxy) is 1. The maximum absolute atomic E-state index is 5.89. The van der Waals surface area contributed by atoms with Crippen molar-refractivity contribution >= 4 is 17.3 Å². The van der Waals surface area contributed by atoms with E-state index in [0.29, 0.717) is 22.4 Å². The Kier molecular flexibility index (Phi) is 3.78. The van der Waals surface area contributed by atoms with E-state index < -0.39 is 0 Å². The summed E-state index contributed by atoms with van der Waals surface area (Å²) in [7, 11) is 0. The first-order chi connectivity index (χ1) is 8.58. The molecule has 2 rings (SSSR count). The molecule has 0 radical (unpaired) electrons. The number of hydrogen-bond donors (Lipinski definition) is 1. The Morgan fingerprint density at radius 2 is 1.78 bits per heavy atom. The predicted molar refractivity (Wildman–Crippen MR) is 76.5 cm³/mol. The summed E-state index contributed by atoms with van der Waals surface area (Å²) < 4.78 is 5.87. The molecule has 18 heavy (non-hydrogen) atoms.